The van der Waals surface area contributed by atoms with Crippen molar-refractivity contribution >= 4 is 16.7 Å². The average Bonchev–Trinajstić information content (AvgIpc) is 2.66. The summed E-state index contributed by atoms with van der Waals surface area (Å²) >= 11 is 0. The SMILES string of the molecule is Cc1ccccc1-n1c(=O)[nH]c2ccc(N)cc21. The van der Waals surface area contributed by atoms with Gasteiger partial charge in [0.15, 0.2) is 0 Å². The molecule has 1 heterocycles. The molecule has 4 heteroatoms. The molecule has 0 unspecified atom stereocenters. The summed E-state index contributed by atoms with van der Waals surface area (Å²) in [5.74, 6) is 0. The van der Waals surface area contributed by atoms with Crippen molar-refractivity contribution < 1.29 is 0 Å². The lowest BCUT2D eigenvalue weighted by Crippen LogP contribution is -2.15. The zero-order valence-electron chi connectivity index (χ0n) is 9.97. The molecule has 0 atom stereocenters. The van der Waals surface area contributed by atoms with E-state index in [1.807, 2.05) is 37.3 Å². The van der Waals surface area contributed by atoms with E-state index < -0.39 is 0 Å². The van der Waals surface area contributed by atoms with Crippen LogP contribution in [0.5, 0.6) is 0 Å². The highest BCUT2D eigenvalue weighted by atomic mass is 16.1. The number of nitrogens with one attached hydrogen (secondary N) is 1. The lowest BCUT2D eigenvalue weighted by Gasteiger charge is -2.07. The van der Waals surface area contributed by atoms with E-state index in [4.69, 9.17) is 5.73 Å². The van der Waals surface area contributed by atoms with Gasteiger partial charge in [0.05, 0.1) is 16.7 Å². The van der Waals surface area contributed by atoms with Crippen LogP contribution in [0, 0.1) is 6.92 Å². The first kappa shape index (κ1) is 10.7. The number of hydrogen-bond acceptors (Lipinski definition) is 2. The van der Waals surface area contributed by atoms with Crippen LogP contribution < -0.4 is 11.4 Å². The number of nitrogen functional groups attached to an aromatic ring is 1. The number of aromatic nitrogens is 2. The lowest BCUT2D eigenvalue weighted by atomic mass is 10.2. The molecule has 90 valence electrons. The molecular formula is C14H13N3O. The van der Waals surface area contributed by atoms with Crippen LogP contribution >= 0.6 is 0 Å². The van der Waals surface area contributed by atoms with E-state index in [0.717, 1.165) is 22.3 Å². The summed E-state index contributed by atoms with van der Waals surface area (Å²) in [6.45, 7) is 1.98. The van der Waals surface area contributed by atoms with Crippen molar-refractivity contribution in [1.82, 2.24) is 9.55 Å². The van der Waals surface area contributed by atoms with E-state index in [1.165, 1.54) is 0 Å². The molecule has 0 saturated carbocycles. The molecule has 3 N–H and O–H groups in total. The monoisotopic (exact) mass is 239 g/mol. The van der Waals surface area contributed by atoms with Crippen molar-refractivity contribution in [2.24, 2.45) is 0 Å². The summed E-state index contributed by atoms with van der Waals surface area (Å²) in [6.07, 6.45) is 0. The molecule has 0 radical (unpaired) electrons. The second-order valence-electron chi connectivity index (χ2n) is 4.33. The number of rotatable bonds is 1. The minimum atomic E-state index is -0.148. The minimum Gasteiger partial charge on any atom is -0.399 e. The van der Waals surface area contributed by atoms with Gasteiger partial charge in [0, 0.05) is 5.69 Å². The van der Waals surface area contributed by atoms with E-state index >= 15 is 0 Å². The van der Waals surface area contributed by atoms with Gasteiger partial charge in [0.1, 0.15) is 0 Å². The summed E-state index contributed by atoms with van der Waals surface area (Å²) in [5.41, 5.74) is 9.79. The molecule has 1 aromatic heterocycles. The van der Waals surface area contributed by atoms with E-state index in [9.17, 15) is 4.79 Å². The number of aromatic amines is 1. The van der Waals surface area contributed by atoms with Crippen LogP contribution in [-0.2, 0) is 0 Å². The molecule has 4 nitrogen and oxygen atoms in total. The standard InChI is InChI=1S/C14H13N3O/c1-9-4-2-3-5-12(9)17-13-8-10(15)6-7-11(13)16-14(17)18/h2-8H,15H2,1H3,(H,16,18). The van der Waals surface area contributed by atoms with Crippen LogP contribution in [0.1, 0.15) is 5.56 Å². The highest BCUT2D eigenvalue weighted by Gasteiger charge is 2.10. The number of nitrogens with zero attached hydrogens (tertiary/aromatic N) is 1. The fraction of sp³-hybridized carbons (Fsp3) is 0.0714. The largest absolute Gasteiger partial charge is 0.399 e. The molecule has 0 spiro atoms. The Balaban J connectivity index is 2.42. The van der Waals surface area contributed by atoms with Crippen LogP contribution in [0.25, 0.3) is 16.7 Å². The van der Waals surface area contributed by atoms with Crippen LogP contribution in [0.15, 0.2) is 47.3 Å². The molecule has 0 aliphatic carbocycles. The Bertz CT molecular complexity index is 783. The zero-order valence-corrected chi connectivity index (χ0v) is 9.97. The van der Waals surface area contributed by atoms with Gasteiger partial charge in [0.25, 0.3) is 0 Å². The summed E-state index contributed by atoms with van der Waals surface area (Å²) in [4.78, 5) is 14.9. The van der Waals surface area contributed by atoms with Gasteiger partial charge in [-0.2, -0.15) is 0 Å². The van der Waals surface area contributed by atoms with E-state index in [2.05, 4.69) is 4.98 Å². The van der Waals surface area contributed by atoms with E-state index in [-0.39, 0.29) is 5.69 Å². The first-order valence-corrected chi connectivity index (χ1v) is 5.73. The van der Waals surface area contributed by atoms with Crippen LogP contribution in [0.3, 0.4) is 0 Å². The second kappa shape index (κ2) is 3.77. The van der Waals surface area contributed by atoms with Gasteiger partial charge in [0.2, 0.25) is 0 Å². The molecule has 0 fully saturated rings. The van der Waals surface area contributed by atoms with Gasteiger partial charge in [-0.25, -0.2) is 4.79 Å². The minimum absolute atomic E-state index is 0.148. The highest BCUT2D eigenvalue weighted by molar-refractivity contribution is 5.81. The van der Waals surface area contributed by atoms with Crippen LogP contribution in [0.2, 0.25) is 0 Å². The van der Waals surface area contributed by atoms with Crippen molar-refractivity contribution in [1.29, 1.82) is 0 Å². The maximum Gasteiger partial charge on any atom is 0.331 e. The number of imidazole rings is 1. The van der Waals surface area contributed by atoms with Crippen molar-refractivity contribution in [3.63, 3.8) is 0 Å². The normalized spacial score (nSPS) is 10.9. The Hall–Kier alpha value is -2.49. The fourth-order valence-corrected chi connectivity index (χ4v) is 2.17. The van der Waals surface area contributed by atoms with Crippen LogP contribution in [-0.4, -0.2) is 9.55 Å². The van der Waals surface area contributed by atoms with Gasteiger partial charge < -0.3 is 10.7 Å². The maximum absolute atomic E-state index is 12.1. The number of hydrogen-bond donors (Lipinski definition) is 2. The van der Waals surface area contributed by atoms with Gasteiger partial charge in [-0.05, 0) is 36.8 Å². The third-order valence-corrected chi connectivity index (χ3v) is 3.06. The summed E-state index contributed by atoms with van der Waals surface area (Å²) in [6, 6.07) is 13.2. The highest BCUT2D eigenvalue weighted by Crippen LogP contribution is 2.20. The molecule has 0 bridgehead atoms. The molecule has 0 aliphatic rings. The molecular weight excluding hydrogens is 226 g/mol. The van der Waals surface area contributed by atoms with Crippen molar-refractivity contribution in [2.75, 3.05) is 5.73 Å². The molecule has 0 amide bonds. The van der Waals surface area contributed by atoms with Crippen molar-refractivity contribution in [2.45, 2.75) is 6.92 Å². The topological polar surface area (TPSA) is 63.8 Å². The second-order valence-corrected chi connectivity index (χ2v) is 4.33. The Morgan fingerprint density at radius 2 is 1.94 bits per heavy atom. The van der Waals surface area contributed by atoms with Gasteiger partial charge in [-0.1, -0.05) is 18.2 Å². The third kappa shape index (κ3) is 1.50. The maximum atomic E-state index is 12.1. The van der Waals surface area contributed by atoms with Gasteiger partial charge in [-0.15, -0.1) is 0 Å². The van der Waals surface area contributed by atoms with Crippen molar-refractivity contribution in [3.05, 3.63) is 58.5 Å². The number of para-hydroxylation sites is 1. The summed E-state index contributed by atoms with van der Waals surface area (Å²) in [7, 11) is 0. The number of aryl methyl sites for hydroxylation is 1. The third-order valence-electron chi connectivity index (χ3n) is 3.06. The first-order valence-electron chi connectivity index (χ1n) is 5.73. The number of fused-ring (bicyclic) bond motifs is 1. The lowest BCUT2D eigenvalue weighted by molar-refractivity contribution is 1.00. The van der Waals surface area contributed by atoms with Gasteiger partial charge in [-0.3, -0.25) is 4.57 Å². The fourth-order valence-electron chi connectivity index (χ4n) is 2.17. The Kier molecular flexibility index (Phi) is 2.23. The number of nitrogens with two attached hydrogens (primary N) is 1. The predicted molar refractivity (Wildman–Crippen MR) is 73.0 cm³/mol. The molecule has 3 rings (SSSR count). The van der Waals surface area contributed by atoms with E-state index in [1.54, 1.807) is 16.7 Å². The molecule has 18 heavy (non-hydrogen) atoms. The number of H-pyrrole nitrogens is 1. The quantitative estimate of drug-likeness (QED) is 0.639. The van der Waals surface area contributed by atoms with E-state index in [0.29, 0.717) is 5.69 Å². The molecule has 0 aliphatic heterocycles. The summed E-state index contributed by atoms with van der Waals surface area (Å²) in [5, 5.41) is 0. The predicted octanol–water partition coefficient (Wildman–Crippen LogP) is 2.21. The Labute approximate surface area is 104 Å². The average molecular weight is 239 g/mol. The molecule has 3 aromatic rings. The summed E-state index contributed by atoms with van der Waals surface area (Å²) < 4.78 is 1.65. The number of benzene rings is 2. The zero-order chi connectivity index (χ0) is 12.7. The Morgan fingerprint density at radius 1 is 1.17 bits per heavy atom. The number of anilines is 1. The smallest absolute Gasteiger partial charge is 0.331 e. The van der Waals surface area contributed by atoms with Crippen molar-refractivity contribution in [3.8, 4) is 5.69 Å². The van der Waals surface area contributed by atoms with Gasteiger partial charge >= 0.3 is 5.69 Å². The Morgan fingerprint density at radius 3 is 2.72 bits per heavy atom. The first-order chi connectivity index (χ1) is 8.66. The molecule has 2 aromatic carbocycles. The van der Waals surface area contributed by atoms with Crippen LogP contribution in [0.4, 0.5) is 5.69 Å². The molecule has 0 saturated heterocycles.